The fourth-order valence-corrected chi connectivity index (χ4v) is 0.932. The SMILES string of the molecule is C[C@](O)(CO)[C@@H](COP(=O)(O)O)N=O. The van der Waals surface area contributed by atoms with Gasteiger partial charge in [0, 0.05) is 0 Å². The highest BCUT2D eigenvalue weighted by Gasteiger charge is 2.34. The molecule has 0 amide bonds. The van der Waals surface area contributed by atoms with Crippen LogP contribution in [0.3, 0.4) is 0 Å². The average molecular weight is 229 g/mol. The quantitative estimate of drug-likeness (QED) is 0.337. The lowest BCUT2D eigenvalue weighted by Crippen LogP contribution is -2.43. The van der Waals surface area contributed by atoms with Crippen LogP contribution >= 0.6 is 7.82 Å². The van der Waals surface area contributed by atoms with Gasteiger partial charge in [-0.25, -0.2) is 4.57 Å². The molecule has 0 rings (SSSR count). The molecule has 0 radical (unpaired) electrons. The molecule has 14 heavy (non-hydrogen) atoms. The summed E-state index contributed by atoms with van der Waals surface area (Å²) in [6.45, 7) is -0.433. The van der Waals surface area contributed by atoms with Crippen LogP contribution in [-0.4, -0.2) is 44.9 Å². The zero-order valence-corrected chi connectivity index (χ0v) is 8.29. The third-order valence-corrected chi connectivity index (χ3v) is 2.05. The molecule has 0 aromatic carbocycles. The van der Waals surface area contributed by atoms with Crippen molar-refractivity contribution in [2.24, 2.45) is 5.18 Å². The van der Waals surface area contributed by atoms with Crippen LogP contribution in [0.15, 0.2) is 5.18 Å². The van der Waals surface area contributed by atoms with Gasteiger partial charge in [-0.1, -0.05) is 5.18 Å². The Hall–Kier alpha value is -0.370. The number of nitrogens with zero attached hydrogens (tertiary/aromatic N) is 1. The number of rotatable bonds is 6. The van der Waals surface area contributed by atoms with Gasteiger partial charge in [0.15, 0.2) is 0 Å². The van der Waals surface area contributed by atoms with Gasteiger partial charge in [0.25, 0.3) is 0 Å². The van der Waals surface area contributed by atoms with E-state index in [0.29, 0.717) is 0 Å². The molecule has 0 saturated heterocycles. The Morgan fingerprint density at radius 3 is 2.36 bits per heavy atom. The van der Waals surface area contributed by atoms with Gasteiger partial charge in [-0.15, -0.1) is 0 Å². The summed E-state index contributed by atoms with van der Waals surface area (Å²) in [6.07, 6.45) is 0. The summed E-state index contributed by atoms with van der Waals surface area (Å²) in [5.74, 6) is 0. The Kier molecular flexibility index (Phi) is 4.79. The van der Waals surface area contributed by atoms with Crippen molar-refractivity contribution in [2.75, 3.05) is 13.2 Å². The lowest BCUT2D eigenvalue weighted by atomic mass is 9.99. The normalized spacial score (nSPS) is 18.6. The summed E-state index contributed by atoms with van der Waals surface area (Å²) in [5, 5.41) is 20.3. The molecule has 9 heteroatoms. The van der Waals surface area contributed by atoms with Crippen molar-refractivity contribution in [1.29, 1.82) is 0 Å². The Morgan fingerprint density at radius 1 is 1.57 bits per heavy atom. The third-order valence-electron chi connectivity index (χ3n) is 1.57. The number of phosphoric ester groups is 1. The molecule has 0 spiro atoms. The maximum atomic E-state index is 10.3. The molecule has 0 heterocycles. The van der Waals surface area contributed by atoms with Gasteiger partial charge in [-0.3, -0.25) is 4.52 Å². The number of hydrogen-bond acceptors (Lipinski definition) is 6. The van der Waals surface area contributed by atoms with Crippen molar-refractivity contribution >= 4 is 7.82 Å². The highest BCUT2D eigenvalue weighted by molar-refractivity contribution is 7.46. The molecule has 0 aliphatic heterocycles. The predicted molar refractivity (Wildman–Crippen MR) is 45.3 cm³/mol. The summed E-state index contributed by atoms with van der Waals surface area (Å²) < 4.78 is 14.2. The van der Waals surface area contributed by atoms with E-state index in [2.05, 4.69) is 9.70 Å². The van der Waals surface area contributed by atoms with Crippen molar-refractivity contribution in [3.8, 4) is 0 Å². The van der Waals surface area contributed by atoms with E-state index in [1.807, 2.05) is 0 Å². The van der Waals surface area contributed by atoms with E-state index in [-0.39, 0.29) is 0 Å². The minimum atomic E-state index is -4.70. The second kappa shape index (κ2) is 4.92. The van der Waals surface area contributed by atoms with Crippen molar-refractivity contribution in [3.63, 3.8) is 0 Å². The highest BCUT2D eigenvalue weighted by atomic mass is 31.2. The molecular weight excluding hydrogens is 217 g/mol. The Balaban J connectivity index is 4.31. The van der Waals surface area contributed by atoms with Crippen molar-refractivity contribution in [3.05, 3.63) is 4.91 Å². The van der Waals surface area contributed by atoms with Crippen LogP contribution in [0.25, 0.3) is 0 Å². The maximum Gasteiger partial charge on any atom is 0.469 e. The lowest BCUT2D eigenvalue weighted by Gasteiger charge is -2.25. The zero-order valence-electron chi connectivity index (χ0n) is 7.40. The van der Waals surface area contributed by atoms with Gasteiger partial charge in [0.2, 0.25) is 0 Å². The maximum absolute atomic E-state index is 10.3. The van der Waals surface area contributed by atoms with Crippen molar-refractivity contribution in [1.82, 2.24) is 0 Å². The largest absolute Gasteiger partial charge is 0.469 e. The first-order valence-corrected chi connectivity index (χ1v) is 5.12. The average Bonchev–Trinajstić information content (AvgIpc) is 2.03. The van der Waals surface area contributed by atoms with Crippen molar-refractivity contribution < 1.29 is 29.1 Å². The number of phosphoric acid groups is 1. The van der Waals surface area contributed by atoms with Crippen LogP contribution in [0.2, 0.25) is 0 Å². The summed E-state index contributed by atoms with van der Waals surface area (Å²) >= 11 is 0. The van der Waals surface area contributed by atoms with Crippen LogP contribution in [0.4, 0.5) is 0 Å². The van der Waals surface area contributed by atoms with Gasteiger partial charge >= 0.3 is 7.82 Å². The second-order valence-corrected chi connectivity index (χ2v) is 4.16. The fourth-order valence-electron chi connectivity index (χ4n) is 0.597. The zero-order chi connectivity index (χ0) is 11.4. The van der Waals surface area contributed by atoms with Crippen LogP contribution in [0.1, 0.15) is 6.92 Å². The first kappa shape index (κ1) is 13.6. The molecule has 0 aliphatic rings. The van der Waals surface area contributed by atoms with Crippen LogP contribution in [0.5, 0.6) is 0 Å². The van der Waals surface area contributed by atoms with E-state index in [1.54, 1.807) is 0 Å². The standard InChI is InChI=1S/C5H12NO7P/c1-5(8,3-7)4(6-9)2-13-14(10,11)12/h4,7-8H,2-3H2,1H3,(H2,10,11,12)/t4-,5+/m1/s1. The first-order chi connectivity index (χ1) is 6.23. The molecule has 0 fully saturated rings. The molecule has 0 aromatic heterocycles. The lowest BCUT2D eigenvalue weighted by molar-refractivity contribution is -0.0313. The second-order valence-electron chi connectivity index (χ2n) is 2.92. The third kappa shape index (κ3) is 4.75. The molecule has 0 aromatic rings. The number of nitroso groups, excluding NO2 is 1. The minimum Gasteiger partial charge on any atom is -0.393 e. The molecule has 0 saturated carbocycles. The molecular formula is C5H12NO7P. The smallest absolute Gasteiger partial charge is 0.393 e. The molecule has 0 bridgehead atoms. The van der Waals surface area contributed by atoms with Gasteiger partial charge in [0.1, 0.15) is 11.6 Å². The molecule has 4 N–H and O–H groups in total. The van der Waals surface area contributed by atoms with E-state index >= 15 is 0 Å². The fraction of sp³-hybridized carbons (Fsp3) is 1.00. The Bertz CT molecular complexity index is 236. The summed E-state index contributed by atoms with van der Waals surface area (Å²) in [5.41, 5.74) is -1.86. The summed E-state index contributed by atoms with van der Waals surface area (Å²) in [4.78, 5) is 26.8. The van der Waals surface area contributed by atoms with E-state index in [4.69, 9.17) is 14.9 Å². The van der Waals surface area contributed by atoms with Crippen LogP contribution in [0, 0.1) is 4.91 Å². The van der Waals surface area contributed by atoms with E-state index in [1.165, 1.54) is 0 Å². The highest BCUT2D eigenvalue weighted by Crippen LogP contribution is 2.36. The number of hydrogen-bond donors (Lipinski definition) is 4. The summed E-state index contributed by atoms with van der Waals surface area (Å²) in [7, 11) is -4.70. The monoisotopic (exact) mass is 229 g/mol. The van der Waals surface area contributed by atoms with E-state index in [9.17, 15) is 14.6 Å². The first-order valence-electron chi connectivity index (χ1n) is 3.58. The topological polar surface area (TPSA) is 137 Å². The minimum absolute atomic E-state index is 0.763. The van der Waals surface area contributed by atoms with Gasteiger partial charge in [-0.05, 0) is 6.92 Å². The molecule has 2 atom stereocenters. The molecule has 8 nitrogen and oxygen atoms in total. The Labute approximate surface area is 79.7 Å². The van der Waals surface area contributed by atoms with Crippen molar-refractivity contribution in [2.45, 2.75) is 18.6 Å². The Morgan fingerprint density at radius 2 is 2.07 bits per heavy atom. The van der Waals surface area contributed by atoms with Gasteiger partial charge in [-0.2, -0.15) is 4.91 Å². The predicted octanol–water partition coefficient (Wildman–Crippen LogP) is -1.03. The summed E-state index contributed by atoms with van der Waals surface area (Å²) in [6, 6.07) is -1.44. The van der Waals surface area contributed by atoms with Gasteiger partial charge in [0.05, 0.1) is 13.2 Å². The molecule has 0 aliphatic carbocycles. The number of aliphatic hydroxyl groups is 2. The van der Waals surface area contributed by atoms with Crippen LogP contribution in [-0.2, 0) is 9.09 Å². The molecule has 0 unspecified atom stereocenters. The van der Waals surface area contributed by atoms with Crippen LogP contribution < -0.4 is 0 Å². The number of aliphatic hydroxyl groups excluding tert-OH is 1. The van der Waals surface area contributed by atoms with E-state index < -0.39 is 32.7 Å². The van der Waals surface area contributed by atoms with Gasteiger partial charge < -0.3 is 20.0 Å². The van der Waals surface area contributed by atoms with E-state index in [0.717, 1.165) is 6.92 Å². The molecule has 84 valence electrons.